The number of piperazine rings is 1. The average Bonchev–Trinajstić information content (AvgIpc) is 2.62. The zero-order chi connectivity index (χ0) is 13.3. The van der Waals surface area contributed by atoms with E-state index in [-0.39, 0.29) is 5.54 Å². The van der Waals surface area contributed by atoms with Crippen molar-refractivity contribution in [3.8, 4) is 0 Å². The normalized spacial score (nSPS) is 24.7. The molecule has 2 nitrogen and oxygen atoms in total. The Morgan fingerprint density at radius 1 is 1.50 bits per heavy atom. The molecule has 0 bridgehead atoms. The lowest BCUT2D eigenvalue weighted by atomic mass is 9.93. The summed E-state index contributed by atoms with van der Waals surface area (Å²) in [6.07, 6.45) is 0. The molecule has 1 aliphatic heterocycles. The van der Waals surface area contributed by atoms with Gasteiger partial charge in [0.2, 0.25) is 0 Å². The van der Waals surface area contributed by atoms with Crippen LogP contribution in [0.5, 0.6) is 0 Å². The van der Waals surface area contributed by atoms with Crippen LogP contribution in [0, 0.1) is 5.92 Å². The molecule has 1 aliphatic rings. The summed E-state index contributed by atoms with van der Waals surface area (Å²) in [5.41, 5.74) is 0.222. The Balaban J connectivity index is 2.10. The lowest BCUT2D eigenvalue weighted by molar-refractivity contribution is 0.0636. The van der Waals surface area contributed by atoms with Crippen molar-refractivity contribution in [3.05, 3.63) is 20.8 Å². The Bertz CT molecular complexity index is 400. The maximum atomic E-state index is 3.66. The third kappa shape index (κ3) is 3.56. The van der Waals surface area contributed by atoms with Gasteiger partial charge in [0.15, 0.2) is 0 Å². The van der Waals surface area contributed by atoms with Crippen molar-refractivity contribution in [1.29, 1.82) is 0 Å². The molecule has 0 aromatic carbocycles. The molecule has 1 aromatic heterocycles. The third-order valence-electron chi connectivity index (χ3n) is 3.61. The Morgan fingerprint density at radius 2 is 2.22 bits per heavy atom. The van der Waals surface area contributed by atoms with Crippen molar-refractivity contribution in [2.24, 2.45) is 5.92 Å². The highest BCUT2D eigenvalue weighted by atomic mass is 79.9. The van der Waals surface area contributed by atoms with E-state index in [2.05, 4.69) is 66.0 Å². The molecule has 1 fully saturated rings. The minimum Gasteiger partial charge on any atom is -0.309 e. The monoisotopic (exact) mass is 330 g/mol. The fraction of sp³-hybridized carbons (Fsp3) is 0.714. The zero-order valence-corrected chi connectivity index (χ0v) is 14.1. The van der Waals surface area contributed by atoms with Gasteiger partial charge in [0.25, 0.3) is 0 Å². The molecule has 18 heavy (non-hydrogen) atoms. The average molecular weight is 331 g/mol. The Hall–Kier alpha value is 0.1000. The molecule has 1 unspecified atom stereocenters. The summed E-state index contributed by atoms with van der Waals surface area (Å²) < 4.78 is 1.23. The van der Waals surface area contributed by atoms with Crippen LogP contribution >= 0.6 is 27.3 Å². The number of thiophene rings is 1. The fourth-order valence-corrected chi connectivity index (χ4v) is 4.17. The summed E-state index contributed by atoms with van der Waals surface area (Å²) >= 11 is 5.40. The molecule has 2 heterocycles. The van der Waals surface area contributed by atoms with Crippen LogP contribution in [-0.4, -0.2) is 29.6 Å². The van der Waals surface area contributed by atoms with Gasteiger partial charge >= 0.3 is 0 Å². The molecular formula is C14H23BrN2S. The minimum absolute atomic E-state index is 0.222. The summed E-state index contributed by atoms with van der Waals surface area (Å²) in [5.74, 6) is 0.692. The smallest absolute Gasteiger partial charge is 0.0701 e. The summed E-state index contributed by atoms with van der Waals surface area (Å²) in [4.78, 5) is 4.09. The van der Waals surface area contributed by atoms with Crippen LogP contribution in [0.4, 0.5) is 0 Å². The largest absolute Gasteiger partial charge is 0.309 e. The molecule has 2 rings (SSSR count). The SMILES string of the molecule is CC(C)C1CNC(C)(C)CN1Cc1ccc(Br)s1. The van der Waals surface area contributed by atoms with Crippen LogP contribution in [0.3, 0.4) is 0 Å². The predicted molar refractivity (Wildman–Crippen MR) is 83.1 cm³/mol. The molecule has 102 valence electrons. The lowest BCUT2D eigenvalue weighted by Crippen LogP contribution is -2.62. The second-order valence-electron chi connectivity index (χ2n) is 6.19. The predicted octanol–water partition coefficient (Wildman–Crippen LogP) is 3.72. The van der Waals surface area contributed by atoms with E-state index in [0.717, 1.165) is 19.6 Å². The highest BCUT2D eigenvalue weighted by Crippen LogP contribution is 2.27. The molecule has 4 heteroatoms. The van der Waals surface area contributed by atoms with Crippen molar-refractivity contribution in [1.82, 2.24) is 10.2 Å². The Labute approximate surface area is 123 Å². The molecule has 1 atom stereocenters. The molecule has 0 saturated carbocycles. The van der Waals surface area contributed by atoms with Gasteiger partial charge in [0.05, 0.1) is 3.79 Å². The van der Waals surface area contributed by atoms with Crippen molar-refractivity contribution in [3.63, 3.8) is 0 Å². The topological polar surface area (TPSA) is 15.3 Å². The second kappa shape index (κ2) is 5.61. The van der Waals surface area contributed by atoms with E-state index >= 15 is 0 Å². The van der Waals surface area contributed by atoms with Crippen LogP contribution in [0.1, 0.15) is 32.6 Å². The van der Waals surface area contributed by atoms with Gasteiger partial charge in [0.1, 0.15) is 0 Å². The van der Waals surface area contributed by atoms with Crippen LogP contribution in [0.15, 0.2) is 15.9 Å². The quantitative estimate of drug-likeness (QED) is 0.908. The van der Waals surface area contributed by atoms with Crippen LogP contribution < -0.4 is 5.32 Å². The zero-order valence-electron chi connectivity index (χ0n) is 11.7. The van der Waals surface area contributed by atoms with E-state index in [0.29, 0.717) is 12.0 Å². The van der Waals surface area contributed by atoms with E-state index in [9.17, 15) is 0 Å². The van der Waals surface area contributed by atoms with E-state index in [1.54, 1.807) is 0 Å². The number of hydrogen-bond donors (Lipinski definition) is 1. The first-order valence-corrected chi connectivity index (χ1v) is 8.22. The van der Waals surface area contributed by atoms with Crippen molar-refractivity contribution in [2.75, 3.05) is 13.1 Å². The van der Waals surface area contributed by atoms with Gasteiger partial charge in [-0.2, -0.15) is 0 Å². The molecule has 1 aromatic rings. The molecule has 1 saturated heterocycles. The van der Waals surface area contributed by atoms with Crippen LogP contribution in [0.2, 0.25) is 0 Å². The standard InChI is InChI=1S/C14H23BrN2S/c1-10(2)12-7-16-14(3,4)9-17(12)8-11-5-6-13(15)18-11/h5-6,10,12,16H,7-9H2,1-4H3. The van der Waals surface area contributed by atoms with Crippen molar-refractivity contribution < 1.29 is 0 Å². The first-order chi connectivity index (χ1) is 8.37. The third-order valence-corrected chi connectivity index (χ3v) is 5.22. The number of halogens is 1. The van der Waals surface area contributed by atoms with E-state index in [1.807, 2.05) is 11.3 Å². The molecule has 0 aliphatic carbocycles. The first kappa shape index (κ1) is 14.5. The molecule has 1 N–H and O–H groups in total. The number of nitrogens with zero attached hydrogens (tertiary/aromatic N) is 1. The maximum absolute atomic E-state index is 3.66. The molecular weight excluding hydrogens is 308 g/mol. The van der Waals surface area contributed by atoms with E-state index in [4.69, 9.17) is 0 Å². The van der Waals surface area contributed by atoms with Gasteiger partial charge in [0, 0.05) is 36.1 Å². The molecule has 0 amide bonds. The maximum Gasteiger partial charge on any atom is 0.0701 e. The van der Waals surface area contributed by atoms with Crippen molar-refractivity contribution >= 4 is 27.3 Å². The summed E-state index contributed by atoms with van der Waals surface area (Å²) in [6.45, 7) is 12.5. The Kier molecular flexibility index (Phi) is 4.52. The van der Waals surface area contributed by atoms with Gasteiger partial charge in [-0.1, -0.05) is 13.8 Å². The lowest BCUT2D eigenvalue weighted by Gasteiger charge is -2.46. The summed E-state index contributed by atoms with van der Waals surface area (Å²) in [6, 6.07) is 5.03. The molecule has 0 radical (unpaired) electrons. The first-order valence-electron chi connectivity index (χ1n) is 6.61. The number of rotatable bonds is 3. The minimum atomic E-state index is 0.222. The van der Waals surface area contributed by atoms with E-state index < -0.39 is 0 Å². The van der Waals surface area contributed by atoms with Gasteiger partial charge in [-0.3, -0.25) is 4.90 Å². The molecule has 0 spiro atoms. The summed E-state index contributed by atoms with van der Waals surface area (Å²) in [5, 5.41) is 3.66. The van der Waals surface area contributed by atoms with Gasteiger partial charge in [-0.05, 0) is 47.8 Å². The second-order valence-corrected chi connectivity index (χ2v) is 8.73. The number of nitrogens with one attached hydrogen (secondary N) is 1. The summed E-state index contributed by atoms with van der Waals surface area (Å²) in [7, 11) is 0. The van der Waals surface area contributed by atoms with E-state index in [1.165, 1.54) is 8.66 Å². The highest BCUT2D eigenvalue weighted by Gasteiger charge is 2.33. The van der Waals surface area contributed by atoms with Crippen molar-refractivity contribution in [2.45, 2.75) is 45.8 Å². The van der Waals surface area contributed by atoms with Crippen LogP contribution in [-0.2, 0) is 6.54 Å². The highest BCUT2D eigenvalue weighted by molar-refractivity contribution is 9.11. The fourth-order valence-electron chi connectivity index (χ4n) is 2.66. The van der Waals surface area contributed by atoms with Crippen LogP contribution in [0.25, 0.3) is 0 Å². The van der Waals surface area contributed by atoms with Gasteiger partial charge in [-0.25, -0.2) is 0 Å². The van der Waals surface area contributed by atoms with Gasteiger partial charge < -0.3 is 5.32 Å². The van der Waals surface area contributed by atoms with Gasteiger partial charge in [-0.15, -0.1) is 11.3 Å². The number of hydrogen-bond acceptors (Lipinski definition) is 3. The Morgan fingerprint density at radius 3 is 2.78 bits per heavy atom.